The van der Waals surface area contributed by atoms with E-state index in [0.717, 1.165) is 17.7 Å². The Morgan fingerprint density at radius 2 is 1.38 bits per heavy atom. The molecule has 0 saturated heterocycles. The highest BCUT2D eigenvalue weighted by atomic mass is 19.4. The standard InChI is InChI=1S/C17H15F6N/c1-11-4-3-5-15(6-11)24(2)10-12-7-13(16(18,19)20)9-14(8-12)17(21,22)23/h3-9H,10H2,1-2H3. The van der Waals surface area contributed by atoms with Crippen LogP contribution >= 0.6 is 0 Å². The monoisotopic (exact) mass is 347 g/mol. The predicted molar refractivity (Wildman–Crippen MR) is 79.7 cm³/mol. The van der Waals surface area contributed by atoms with Crippen LogP contribution in [0.4, 0.5) is 32.0 Å². The second kappa shape index (κ2) is 6.37. The summed E-state index contributed by atoms with van der Waals surface area (Å²) in [5.74, 6) is 0. The SMILES string of the molecule is Cc1cccc(N(C)Cc2cc(C(F)(F)F)cc(C(F)(F)F)c2)c1. The lowest BCUT2D eigenvalue weighted by atomic mass is 10.0. The van der Waals surface area contributed by atoms with Crippen molar-refractivity contribution in [1.29, 1.82) is 0 Å². The number of alkyl halides is 6. The van der Waals surface area contributed by atoms with Crippen molar-refractivity contribution in [2.24, 2.45) is 0 Å². The first-order chi connectivity index (χ1) is 11.0. The second-order valence-electron chi connectivity index (χ2n) is 5.61. The Kier molecular flexibility index (Phi) is 4.82. The van der Waals surface area contributed by atoms with E-state index in [1.54, 1.807) is 30.1 Å². The number of aryl methyl sites for hydroxylation is 1. The third-order valence-electron chi connectivity index (χ3n) is 3.51. The van der Waals surface area contributed by atoms with Crippen molar-refractivity contribution in [3.8, 4) is 0 Å². The van der Waals surface area contributed by atoms with Gasteiger partial charge in [0.1, 0.15) is 0 Å². The van der Waals surface area contributed by atoms with Gasteiger partial charge in [-0.2, -0.15) is 26.3 Å². The average Bonchev–Trinajstić information content (AvgIpc) is 2.45. The average molecular weight is 347 g/mol. The molecule has 0 fully saturated rings. The first-order valence-corrected chi connectivity index (χ1v) is 7.03. The number of hydrogen-bond donors (Lipinski definition) is 0. The van der Waals surface area contributed by atoms with Gasteiger partial charge in [-0.05, 0) is 48.4 Å². The van der Waals surface area contributed by atoms with Crippen molar-refractivity contribution >= 4 is 5.69 Å². The van der Waals surface area contributed by atoms with E-state index in [9.17, 15) is 26.3 Å². The molecular weight excluding hydrogens is 332 g/mol. The third kappa shape index (κ3) is 4.43. The number of benzene rings is 2. The Balaban J connectivity index is 2.38. The fourth-order valence-corrected chi connectivity index (χ4v) is 2.34. The minimum absolute atomic E-state index is 0.0545. The van der Waals surface area contributed by atoms with E-state index in [1.807, 2.05) is 13.0 Å². The zero-order valence-corrected chi connectivity index (χ0v) is 13.0. The molecule has 1 nitrogen and oxygen atoms in total. The zero-order chi connectivity index (χ0) is 18.1. The van der Waals surface area contributed by atoms with Gasteiger partial charge in [0.2, 0.25) is 0 Å². The molecule has 0 aliphatic rings. The number of halogens is 6. The molecule has 0 aliphatic carbocycles. The van der Waals surface area contributed by atoms with Crippen molar-refractivity contribution in [2.75, 3.05) is 11.9 Å². The first-order valence-electron chi connectivity index (χ1n) is 7.03. The Hall–Kier alpha value is -2.18. The van der Waals surface area contributed by atoms with Crippen LogP contribution in [0.15, 0.2) is 42.5 Å². The smallest absolute Gasteiger partial charge is 0.370 e. The molecule has 0 aliphatic heterocycles. The van der Waals surface area contributed by atoms with E-state index >= 15 is 0 Å². The maximum Gasteiger partial charge on any atom is 0.416 e. The number of rotatable bonds is 3. The molecule has 0 saturated carbocycles. The largest absolute Gasteiger partial charge is 0.416 e. The molecule has 0 atom stereocenters. The molecule has 0 aromatic heterocycles. The Bertz CT molecular complexity index is 686. The van der Waals surface area contributed by atoms with Crippen LogP contribution in [0.2, 0.25) is 0 Å². The molecule has 0 unspecified atom stereocenters. The molecule has 7 heteroatoms. The van der Waals surface area contributed by atoms with Crippen LogP contribution < -0.4 is 4.90 Å². The van der Waals surface area contributed by atoms with Crippen LogP contribution in [-0.2, 0) is 18.9 Å². The molecule has 0 N–H and O–H groups in total. The molecule has 0 heterocycles. The van der Waals surface area contributed by atoms with Gasteiger partial charge < -0.3 is 4.90 Å². The summed E-state index contributed by atoms with van der Waals surface area (Å²) < 4.78 is 77.2. The minimum atomic E-state index is -4.84. The van der Waals surface area contributed by atoms with Gasteiger partial charge >= 0.3 is 12.4 Å². The highest BCUT2D eigenvalue weighted by Crippen LogP contribution is 2.36. The lowest BCUT2D eigenvalue weighted by molar-refractivity contribution is -0.143. The van der Waals surface area contributed by atoms with Gasteiger partial charge in [0.15, 0.2) is 0 Å². The van der Waals surface area contributed by atoms with E-state index in [1.165, 1.54) is 0 Å². The first kappa shape index (κ1) is 18.2. The molecule has 2 aromatic carbocycles. The van der Waals surface area contributed by atoms with Crippen LogP contribution in [0.3, 0.4) is 0 Å². The van der Waals surface area contributed by atoms with Crippen molar-refractivity contribution in [3.63, 3.8) is 0 Å². The normalized spacial score (nSPS) is 12.3. The van der Waals surface area contributed by atoms with Crippen LogP contribution in [0.25, 0.3) is 0 Å². The zero-order valence-electron chi connectivity index (χ0n) is 13.0. The molecule has 0 radical (unpaired) electrons. The van der Waals surface area contributed by atoms with Gasteiger partial charge in [-0.1, -0.05) is 12.1 Å². The van der Waals surface area contributed by atoms with Gasteiger partial charge in [-0.25, -0.2) is 0 Å². The summed E-state index contributed by atoms with van der Waals surface area (Å²) in [5.41, 5.74) is -1.00. The maximum atomic E-state index is 12.9. The lowest BCUT2D eigenvalue weighted by Gasteiger charge is -2.21. The van der Waals surface area contributed by atoms with Gasteiger partial charge in [0.25, 0.3) is 0 Å². The Morgan fingerprint density at radius 1 is 0.833 bits per heavy atom. The van der Waals surface area contributed by atoms with Crippen molar-refractivity contribution in [2.45, 2.75) is 25.8 Å². The van der Waals surface area contributed by atoms with Gasteiger partial charge in [-0.3, -0.25) is 0 Å². The van der Waals surface area contributed by atoms with Gasteiger partial charge in [-0.15, -0.1) is 0 Å². The second-order valence-corrected chi connectivity index (χ2v) is 5.61. The summed E-state index contributed by atoms with van der Waals surface area (Å²) >= 11 is 0. The summed E-state index contributed by atoms with van der Waals surface area (Å²) in [6, 6.07) is 8.81. The fraction of sp³-hybridized carbons (Fsp3) is 0.294. The topological polar surface area (TPSA) is 3.24 Å². The maximum absolute atomic E-state index is 12.9. The molecular formula is C17H15F6N. The summed E-state index contributed by atoms with van der Waals surface area (Å²) in [6.07, 6.45) is -9.67. The highest BCUT2D eigenvalue weighted by molar-refractivity contribution is 5.48. The van der Waals surface area contributed by atoms with E-state index in [0.29, 0.717) is 5.69 Å². The predicted octanol–water partition coefficient (Wildman–Crippen LogP) is 5.67. The quantitative estimate of drug-likeness (QED) is 0.647. The Morgan fingerprint density at radius 3 is 1.83 bits per heavy atom. The number of anilines is 1. The molecule has 2 rings (SSSR count). The Labute approximate surface area is 135 Å². The summed E-state index contributed by atoms with van der Waals surface area (Å²) in [4.78, 5) is 1.60. The number of nitrogens with zero attached hydrogens (tertiary/aromatic N) is 1. The molecule has 2 aromatic rings. The molecule has 0 spiro atoms. The van der Waals surface area contributed by atoms with Crippen LogP contribution in [0.1, 0.15) is 22.3 Å². The van der Waals surface area contributed by atoms with E-state index in [-0.39, 0.29) is 18.2 Å². The van der Waals surface area contributed by atoms with E-state index in [4.69, 9.17) is 0 Å². The van der Waals surface area contributed by atoms with E-state index in [2.05, 4.69) is 0 Å². The molecule has 0 amide bonds. The summed E-state index contributed by atoms with van der Waals surface area (Å²) in [5, 5.41) is 0. The summed E-state index contributed by atoms with van der Waals surface area (Å²) in [6.45, 7) is 1.78. The number of hydrogen-bond acceptors (Lipinski definition) is 1. The van der Waals surface area contributed by atoms with Gasteiger partial charge in [0.05, 0.1) is 11.1 Å². The third-order valence-corrected chi connectivity index (χ3v) is 3.51. The van der Waals surface area contributed by atoms with Crippen LogP contribution in [0.5, 0.6) is 0 Å². The van der Waals surface area contributed by atoms with E-state index < -0.39 is 23.5 Å². The van der Waals surface area contributed by atoms with Crippen molar-refractivity contribution in [1.82, 2.24) is 0 Å². The van der Waals surface area contributed by atoms with Crippen molar-refractivity contribution < 1.29 is 26.3 Å². The lowest BCUT2D eigenvalue weighted by Crippen LogP contribution is -2.18. The highest BCUT2D eigenvalue weighted by Gasteiger charge is 2.36. The molecule has 130 valence electrons. The van der Waals surface area contributed by atoms with Crippen molar-refractivity contribution in [3.05, 3.63) is 64.7 Å². The van der Waals surface area contributed by atoms with Crippen LogP contribution in [0, 0.1) is 6.92 Å². The fourth-order valence-electron chi connectivity index (χ4n) is 2.34. The molecule has 0 bridgehead atoms. The summed E-state index contributed by atoms with van der Waals surface area (Å²) in [7, 11) is 1.61. The van der Waals surface area contributed by atoms with Crippen LogP contribution in [-0.4, -0.2) is 7.05 Å². The minimum Gasteiger partial charge on any atom is -0.370 e. The van der Waals surface area contributed by atoms with Gasteiger partial charge in [0, 0.05) is 19.3 Å². The molecule has 24 heavy (non-hydrogen) atoms.